The molecule has 0 radical (unpaired) electrons. The van der Waals surface area contributed by atoms with Crippen LogP contribution in [-0.2, 0) is 13.0 Å². The Balaban J connectivity index is 0.000000158. The Morgan fingerprint density at radius 1 is 0.438 bits per heavy atom. The summed E-state index contributed by atoms with van der Waals surface area (Å²) in [5, 5.41) is -1.12. The van der Waals surface area contributed by atoms with Crippen molar-refractivity contribution in [3.63, 3.8) is 0 Å². The number of benzene rings is 1. The summed E-state index contributed by atoms with van der Waals surface area (Å²) in [7, 11) is 14.1. The number of halogens is 2. The van der Waals surface area contributed by atoms with E-state index in [1.807, 2.05) is 30.3 Å². The molecule has 0 nitrogen and oxygen atoms in total. The molecule has 278 valence electrons. The van der Waals surface area contributed by atoms with Gasteiger partial charge in [-0.05, 0) is 77.0 Å². The molecule has 0 unspecified atom stereocenters. The predicted molar refractivity (Wildman–Crippen MR) is 219 cm³/mol. The van der Waals surface area contributed by atoms with Crippen molar-refractivity contribution in [2.24, 2.45) is 0 Å². The zero-order valence-electron chi connectivity index (χ0n) is 30.8. The molecular weight excluding hydrogens is 750 g/mol. The molecule has 48 heavy (non-hydrogen) atoms. The third-order valence-corrected chi connectivity index (χ3v) is 39.6. The first-order valence-corrected chi connectivity index (χ1v) is 31.6. The van der Waals surface area contributed by atoms with Gasteiger partial charge in [0, 0.05) is 7.92 Å². The minimum atomic E-state index is -1.63. The van der Waals surface area contributed by atoms with Gasteiger partial charge in [0.1, 0.15) is 0 Å². The van der Waals surface area contributed by atoms with Gasteiger partial charge in [0.05, 0.1) is 17.0 Å². The number of hydrogen-bond donors (Lipinski definition) is 0. The standard InChI is InChI=1S/2C18H33P.C7H7.2ClH.Ru/c2*1-4-10-16(11-5-1)19(17-12-6-2-7-13-17)18-14-8-3-9-15-18;1-7-5-3-2-4-6-7;;;/h2*16-18H,1-15H2;2-6H,1H2;2*1H;/q;;-1;;;+2/p-1. The van der Waals surface area contributed by atoms with Crippen molar-refractivity contribution in [2.45, 2.75) is 227 Å². The molecule has 7 rings (SSSR count). The third kappa shape index (κ3) is 11.6. The maximum atomic E-state index is 7.06. The quantitative estimate of drug-likeness (QED) is 0.152. The zero-order chi connectivity index (χ0) is 33.4. The van der Waals surface area contributed by atoms with Crippen LogP contribution >= 0.6 is 32.4 Å². The molecule has 1 aromatic carbocycles. The second kappa shape index (κ2) is 22.4. The van der Waals surface area contributed by atoms with Gasteiger partial charge in [0.15, 0.2) is 0 Å². The van der Waals surface area contributed by atoms with E-state index in [1.165, 1.54) is 113 Å². The summed E-state index contributed by atoms with van der Waals surface area (Å²) >= 11 is -1.63. The van der Waals surface area contributed by atoms with Crippen LogP contribution in [0.2, 0.25) is 0 Å². The van der Waals surface area contributed by atoms with E-state index >= 15 is 0 Å². The van der Waals surface area contributed by atoms with Crippen molar-refractivity contribution in [2.75, 3.05) is 0 Å². The molecule has 1 aromatic rings. The average Bonchev–Trinajstić information content (AvgIpc) is 3.16. The molecule has 0 N–H and O–H groups in total. The van der Waals surface area contributed by atoms with Gasteiger partial charge in [-0.3, -0.25) is 0 Å². The molecule has 0 atom stereocenters. The van der Waals surface area contributed by atoms with E-state index in [4.69, 9.17) is 19.4 Å². The molecule has 6 saturated carbocycles. The Labute approximate surface area is 312 Å². The van der Waals surface area contributed by atoms with Gasteiger partial charge >= 0.3 is 151 Å². The van der Waals surface area contributed by atoms with Gasteiger partial charge in [-0.25, -0.2) is 0 Å². The normalized spacial score (nSPS) is 25.4. The SMILES string of the molecule is C1CCC([PH+](C2CCCCC2)C2CCCCC2)CC1.[CH2-]c1ccccc1.[Cl][Ru]([Cl])=[P](C1CCCCC1)(C1CCCCC1)C1CCCCC1. The first-order chi connectivity index (χ1) is 23.6. The fourth-order valence-corrected chi connectivity index (χ4v) is 41.2. The second-order valence-corrected chi connectivity index (χ2v) is 36.8. The molecule has 0 aliphatic heterocycles. The van der Waals surface area contributed by atoms with Crippen LogP contribution in [0.3, 0.4) is 0 Å². The van der Waals surface area contributed by atoms with Gasteiger partial charge in [0.25, 0.3) is 0 Å². The van der Waals surface area contributed by atoms with Crippen molar-refractivity contribution >= 4 is 32.4 Å². The van der Waals surface area contributed by atoms with Crippen LogP contribution < -0.4 is 0 Å². The predicted octanol–water partition coefficient (Wildman–Crippen LogP) is 15.9. The fraction of sp³-hybridized carbons (Fsp3) is 0.837. The molecule has 0 amide bonds. The van der Waals surface area contributed by atoms with Gasteiger partial charge < -0.3 is 0 Å². The van der Waals surface area contributed by atoms with Crippen molar-refractivity contribution in [1.82, 2.24) is 0 Å². The van der Waals surface area contributed by atoms with Crippen LogP contribution in [0.5, 0.6) is 0 Å². The molecule has 5 heteroatoms. The van der Waals surface area contributed by atoms with Gasteiger partial charge in [-0.15, -0.1) is 12.1 Å². The van der Waals surface area contributed by atoms with Crippen molar-refractivity contribution < 1.29 is 13.0 Å². The summed E-state index contributed by atoms with van der Waals surface area (Å²) in [6.45, 7) is 3.72. The molecule has 6 aliphatic carbocycles. The van der Waals surface area contributed by atoms with Crippen LogP contribution in [0.15, 0.2) is 30.3 Å². The van der Waals surface area contributed by atoms with Gasteiger partial charge in [-0.1, -0.05) is 25.3 Å². The first kappa shape index (κ1) is 40.3. The average molecular weight is 825 g/mol. The summed E-state index contributed by atoms with van der Waals surface area (Å²) in [6, 6.07) is 9.87. The van der Waals surface area contributed by atoms with E-state index in [0.717, 1.165) is 22.5 Å². The van der Waals surface area contributed by atoms with Crippen LogP contribution in [0.25, 0.3) is 0 Å². The Bertz CT molecular complexity index is 943. The second-order valence-electron chi connectivity index (χ2n) is 16.8. The van der Waals surface area contributed by atoms with E-state index in [2.05, 4.69) is 6.92 Å². The van der Waals surface area contributed by atoms with Gasteiger partial charge in [-0.2, -0.15) is 24.6 Å². The molecule has 6 aliphatic rings. The van der Waals surface area contributed by atoms with Crippen LogP contribution in [-0.4, -0.2) is 34.0 Å². The van der Waals surface area contributed by atoms with E-state index in [0.29, 0.717) is 0 Å². The Kier molecular flexibility index (Phi) is 18.8. The number of hydrogen-bond acceptors (Lipinski definition) is 0. The third-order valence-electron chi connectivity index (χ3n) is 13.7. The van der Waals surface area contributed by atoms with E-state index in [1.54, 1.807) is 96.3 Å². The Morgan fingerprint density at radius 2 is 0.708 bits per heavy atom. The van der Waals surface area contributed by atoms with E-state index in [-0.39, 0.29) is 7.92 Å². The molecule has 0 heterocycles. The minimum absolute atomic E-state index is 0.0465. The molecule has 0 saturated heterocycles. The summed E-state index contributed by atoms with van der Waals surface area (Å²) in [6.07, 6.45) is 45.8. The monoisotopic (exact) mass is 824 g/mol. The van der Waals surface area contributed by atoms with Crippen LogP contribution in [0.1, 0.15) is 198 Å². The first-order valence-electron chi connectivity index (χ1n) is 21.2. The fourth-order valence-electron chi connectivity index (χ4n) is 11.4. The zero-order valence-corrected chi connectivity index (χ0v) is 36.0. The Hall–Kier alpha value is 1.15. The molecular formula is C43H74Cl2P2Ru. The topological polar surface area (TPSA) is 0 Å². The van der Waals surface area contributed by atoms with E-state index in [9.17, 15) is 0 Å². The van der Waals surface area contributed by atoms with Crippen molar-refractivity contribution in [3.8, 4) is 0 Å². The number of rotatable bonds is 6. The van der Waals surface area contributed by atoms with Crippen molar-refractivity contribution in [3.05, 3.63) is 42.8 Å². The molecule has 0 aromatic heterocycles. The summed E-state index contributed by atoms with van der Waals surface area (Å²) in [5.74, 6) is 0. The summed E-state index contributed by atoms with van der Waals surface area (Å²) < 4.78 is 0. The maximum absolute atomic E-state index is 7.06. The van der Waals surface area contributed by atoms with Crippen LogP contribution in [0, 0.1) is 6.92 Å². The molecule has 6 fully saturated rings. The Morgan fingerprint density at radius 3 is 0.938 bits per heavy atom. The van der Waals surface area contributed by atoms with Gasteiger partial charge in [0.2, 0.25) is 0 Å². The summed E-state index contributed by atoms with van der Waals surface area (Å²) in [5.41, 5.74) is 7.67. The molecule has 0 bridgehead atoms. The van der Waals surface area contributed by atoms with Crippen molar-refractivity contribution in [1.29, 1.82) is 0 Å². The summed E-state index contributed by atoms with van der Waals surface area (Å²) in [4.78, 5) is 0. The van der Waals surface area contributed by atoms with E-state index < -0.39 is 18.1 Å². The van der Waals surface area contributed by atoms with Crippen LogP contribution in [0.4, 0.5) is 0 Å². The molecule has 0 spiro atoms.